The number of alkyl halides is 3. The zero-order valence-electron chi connectivity index (χ0n) is 10.5. The van der Waals surface area contributed by atoms with Crippen LogP contribution in [0.15, 0.2) is 42.5 Å². The molecule has 7 heteroatoms. The van der Waals surface area contributed by atoms with Crippen LogP contribution in [-0.4, -0.2) is 5.91 Å². The summed E-state index contributed by atoms with van der Waals surface area (Å²) in [6.07, 6.45) is -4.61. The number of anilines is 2. The van der Waals surface area contributed by atoms with Crippen LogP contribution in [0.2, 0.25) is 5.02 Å². The molecular formula is C14H10ClF3N2O. The summed E-state index contributed by atoms with van der Waals surface area (Å²) >= 11 is 5.71. The molecule has 0 heterocycles. The van der Waals surface area contributed by atoms with Gasteiger partial charge in [-0.05, 0) is 30.3 Å². The third kappa shape index (κ3) is 3.46. The van der Waals surface area contributed by atoms with E-state index in [9.17, 15) is 18.0 Å². The van der Waals surface area contributed by atoms with Gasteiger partial charge in [-0.1, -0.05) is 23.7 Å². The molecule has 0 aliphatic heterocycles. The molecule has 0 fully saturated rings. The maximum Gasteiger partial charge on any atom is 0.417 e. The molecule has 0 saturated carbocycles. The van der Waals surface area contributed by atoms with Crippen molar-refractivity contribution < 1.29 is 18.0 Å². The van der Waals surface area contributed by atoms with Crippen molar-refractivity contribution in [1.29, 1.82) is 0 Å². The summed E-state index contributed by atoms with van der Waals surface area (Å²) in [7, 11) is 0. The lowest BCUT2D eigenvalue weighted by molar-refractivity contribution is -0.137. The molecule has 0 radical (unpaired) electrons. The maximum absolute atomic E-state index is 12.9. The number of nitrogens with one attached hydrogen (secondary N) is 1. The van der Waals surface area contributed by atoms with Gasteiger partial charge in [-0.25, -0.2) is 0 Å². The fourth-order valence-corrected chi connectivity index (χ4v) is 1.95. The van der Waals surface area contributed by atoms with E-state index in [0.29, 0.717) is 5.02 Å². The number of halogens is 4. The predicted octanol–water partition coefficient (Wildman–Crippen LogP) is 4.19. The smallest absolute Gasteiger partial charge is 0.397 e. The van der Waals surface area contributed by atoms with E-state index in [1.165, 1.54) is 30.3 Å². The van der Waals surface area contributed by atoms with Crippen LogP contribution in [-0.2, 0) is 6.18 Å². The second-order valence-electron chi connectivity index (χ2n) is 4.23. The molecule has 0 bridgehead atoms. The van der Waals surface area contributed by atoms with E-state index in [1.807, 2.05) is 0 Å². The molecule has 0 saturated heterocycles. The standard InChI is InChI=1S/C14H10ClF3N2O/c15-8-5-6-12(11(19)7-8)20-13(21)9-3-1-2-4-10(9)14(16,17)18/h1-7H,19H2,(H,20,21). The molecule has 0 aliphatic rings. The summed E-state index contributed by atoms with van der Waals surface area (Å²) in [6, 6.07) is 8.82. The molecule has 0 aromatic heterocycles. The van der Waals surface area contributed by atoms with Gasteiger partial charge in [-0.2, -0.15) is 13.2 Å². The monoisotopic (exact) mass is 314 g/mol. The third-order valence-electron chi connectivity index (χ3n) is 2.74. The minimum Gasteiger partial charge on any atom is -0.397 e. The van der Waals surface area contributed by atoms with Crippen molar-refractivity contribution in [3.8, 4) is 0 Å². The Balaban J connectivity index is 2.33. The van der Waals surface area contributed by atoms with Crippen molar-refractivity contribution in [2.24, 2.45) is 0 Å². The van der Waals surface area contributed by atoms with Gasteiger partial charge < -0.3 is 11.1 Å². The minimum absolute atomic E-state index is 0.167. The number of nitrogens with two attached hydrogens (primary N) is 1. The minimum atomic E-state index is -4.61. The first-order chi connectivity index (χ1) is 9.79. The van der Waals surface area contributed by atoms with Crippen LogP contribution in [0.3, 0.4) is 0 Å². The van der Waals surface area contributed by atoms with E-state index in [4.69, 9.17) is 17.3 Å². The second kappa shape index (κ2) is 5.65. The van der Waals surface area contributed by atoms with Crippen LogP contribution >= 0.6 is 11.6 Å². The Morgan fingerprint density at radius 3 is 2.43 bits per heavy atom. The van der Waals surface area contributed by atoms with Gasteiger partial charge in [0.1, 0.15) is 0 Å². The van der Waals surface area contributed by atoms with E-state index in [1.54, 1.807) is 0 Å². The number of hydrogen-bond acceptors (Lipinski definition) is 2. The van der Waals surface area contributed by atoms with Crippen molar-refractivity contribution in [1.82, 2.24) is 0 Å². The first kappa shape index (κ1) is 15.2. The summed E-state index contributed by atoms with van der Waals surface area (Å²) in [5, 5.41) is 2.71. The summed E-state index contributed by atoms with van der Waals surface area (Å²) in [5.74, 6) is -0.892. The van der Waals surface area contributed by atoms with Gasteiger partial charge in [0.2, 0.25) is 0 Å². The topological polar surface area (TPSA) is 55.1 Å². The van der Waals surface area contributed by atoms with Gasteiger partial charge >= 0.3 is 6.18 Å². The predicted molar refractivity (Wildman–Crippen MR) is 75.3 cm³/mol. The summed E-state index contributed by atoms with van der Waals surface area (Å²) in [4.78, 5) is 12.0. The largest absolute Gasteiger partial charge is 0.417 e. The molecule has 2 aromatic carbocycles. The Morgan fingerprint density at radius 1 is 1.14 bits per heavy atom. The molecule has 1 amide bonds. The summed E-state index contributed by atoms with van der Waals surface area (Å²) in [5.41, 5.74) is 4.54. The molecule has 3 nitrogen and oxygen atoms in total. The number of rotatable bonds is 2. The van der Waals surface area contributed by atoms with Crippen molar-refractivity contribution in [3.05, 3.63) is 58.6 Å². The van der Waals surface area contributed by atoms with Crippen LogP contribution in [0.4, 0.5) is 24.5 Å². The highest BCUT2D eigenvalue weighted by Gasteiger charge is 2.34. The van der Waals surface area contributed by atoms with E-state index < -0.39 is 23.2 Å². The zero-order chi connectivity index (χ0) is 15.6. The van der Waals surface area contributed by atoms with Crippen LogP contribution in [0.25, 0.3) is 0 Å². The van der Waals surface area contributed by atoms with E-state index in [-0.39, 0.29) is 11.4 Å². The number of amides is 1. The van der Waals surface area contributed by atoms with Crippen molar-refractivity contribution in [3.63, 3.8) is 0 Å². The number of benzene rings is 2. The van der Waals surface area contributed by atoms with Gasteiger partial charge in [-0.15, -0.1) is 0 Å². The fraction of sp³-hybridized carbons (Fsp3) is 0.0714. The van der Waals surface area contributed by atoms with Gasteiger partial charge in [0.25, 0.3) is 5.91 Å². The molecule has 0 atom stereocenters. The Labute approximate surface area is 123 Å². The van der Waals surface area contributed by atoms with Gasteiger partial charge in [-0.3, -0.25) is 4.79 Å². The number of carbonyl (C=O) groups is 1. The average Bonchev–Trinajstić information content (AvgIpc) is 2.41. The Morgan fingerprint density at radius 2 is 1.81 bits per heavy atom. The lowest BCUT2D eigenvalue weighted by Crippen LogP contribution is -2.19. The Hall–Kier alpha value is -2.21. The lowest BCUT2D eigenvalue weighted by atomic mass is 10.1. The van der Waals surface area contributed by atoms with Crippen LogP contribution in [0.1, 0.15) is 15.9 Å². The SMILES string of the molecule is Nc1cc(Cl)ccc1NC(=O)c1ccccc1C(F)(F)F. The molecule has 0 spiro atoms. The second-order valence-corrected chi connectivity index (χ2v) is 4.67. The normalized spacial score (nSPS) is 11.2. The third-order valence-corrected chi connectivity index (χ3v) is 2.97. The van der Waals surface area contributed by atoms with Crippen molar-refractivity contribution in [2.45, 2.75) is 6.18 Å². The van der Waals surface area contributed by atoms with Crippen LogP contribution in [0.5, 0.6) is 0 Å². The molecule has 0 unspecified atom stereocenters. The van der Waals surface area contributed by atoms with Crippen molar-refractivity contribution in [2.75, 3.05) is 11.1 Å². The zero-order valence-corrected chi connectivity index (χ0v) is 11.3. The maximum atomic E-state index is 12.9. The summed E-state index contributed by atoms with van der Waals surface area (Å²) < 4.78 is 38.6. The number of carbonyl (C=O) groups excluding carboxylic acids is 1. The number of nitrogen functional groups attached to an aromatic ring is 1. The molecule has 110 valence electrons. The average molecular weight is 315 g/mol. The summed E-state index contributed by atoms with van der Waals surface area (Å²) in [6.45, 7) is 0. The van der Waals surface area contributed by atoms with Crippen LogP contribution in [0, 0.1) is 0 Å². The quantitative estimate of drug-likeness (QED) is 0.816. The first-order valence-corrected chi connectivity index (χ1v) is 6.19. The highest BCUT2D eigenvalue weighted by atomic mass is 35.5. The molecule has 3 N–H and O–H groups in total. The first-order valence-electron chi connectivity index (χ1n) is 5.81. The van der Waals surface area contributed by atoms with E-state index in [0.717, 1.165) is 12.1 Å². The Kier molecular flexibility index (Phi) is 4.09. The van der Waals surface area contributed by atoms with E-state index in [2.05, 4.69) is 5.32 Å². The molecule has 2 aromatic rings. The number of hydrogen-bond donors (Lipinski definition) is 2. The molecule has 2 rings (SSSR count). The van der Waals surface area contributed by atoms with Crippen molar-refractivity contribution >= 4 is 28.9 Å². The highest BCUT2D eigenvalue weighted by molar-refractivity contribution is 6.31. The molecule has 21 heavy (non-hydrogen) atoms. The van der Waals surface area contributed by atoms with Gasteiger partial charge in [0.05, 0.1) is 22.5 Å². The van der Waals surface area contributed by atoms with Gasteiger partial charge in [0, 0.05) is 5.02 Å². The lowest BCUT2D eigenvalue weighted by Gasteiger charge is -2.13. The highest BCUT2D eigenvalue weighted by Crippen LogP contribution is 2.32. The molecular weight excluding hydrogens is 305 g/mol. The Bertz CT molecular complexity index is 686. The van der Waals surface area contributed by atoms with Crippen LogP contribution < -0.4 is 11.1 Å². The fourth-order valence-electron chi connectivity index (χ4n) is 1.77. The van der Waals surface area contributed by atoms with E-state index >= 15 is 0 Å². The van der Waals surface area contributed by atoms with Gasteiger partial charge in [0.15, 0.2) is 0 Å². The molecule has 0 aliphatic carbocycles.